The van der Waals surface area contributed by atoms with E-state index >= 15 is 0 Å². The van der Waals surface area contributed by atoms with E-state index in [1.807, 2.05) is 9.80 Å². The molecule has 2 aromatic heterocycles. The molecule has 0 atom stereocenters. The summed E-state index contributed by atoms with van der Waals surface area (Å²) in [6, 6.07) is 26.7. The van der Waals surface area contributed by atoms with Gasteiger partial charge in [0.05, 0.1) is 26.2 Å². The predicted octanol–water partition coefficient (Wildman–Crippen LogP) is 7.37. The van der Waals surface area contributed by atoms with Gasteiger partial charge in [-0.2, -0.15) is 10.5 Å². The Kier molecular flexibility index (Phi) is 5.43. The molecule has 0 N–H and O–H groups in total. The van der Waals surface area contributed by atoms with Gasteiger partial charge in [-0.1, -0.05) is 36.4 Å². The lowest BCUT2D eigenvalue weighted by Gasteiger charge is -2.16. The van der Waals surface area contributed by atoms with E-state index in [2.05, 4.69) is 94.3 Å². The summed E-state index contributed by atoms with van der Waals surface area (Å²) >= 11 is 0. The summed E-state index contributed by atoms with van der Waals surface area (Å²) in [6.45, 7) is 4.17. The second-order valence-electron chi connectivity index (χ2n) is 11.7. The summed E-state index contributed by atoms with van der Waals surface area (Å²) in [6.07, 6.45) is 8.25. The number of rotatable bonds is 0. The van der Waals surface area contributed by atoms with Crippen molar-refractivity contribution in [3.63, 3.8) is 0 Å². The minimum absolute atomic E-state index is 0.561. The summed E-state index contributed by atoms with van der Waals surface area (Å²) in [4.78, 5) is 3.71. The van der Waals surface area contributed by atoms with E-state index in [0.717, 1.165) is 54.6 Å². The van der Waals surface area contributed by atoms with Gasteiger partial charge in [-0.15, -0.1) is 0 Å². The Morgan fingerprint density at radius 3 is 1.32 bits per heavy atom. The zero-order valence-corrected chi connectivity index (χ0v) is 23.0. The summed E-state index contributed by atoms with van der Waals surface area (Å²) in [5.74, 6) is 0. The molecule has 0 unspecified atom stereocenters. The lowest BCUT2D eigenvalue weighted by molar-refractivity contribution is 0.379. The fourth-order valence-electron chi connectivity index (χ4n) is 7.11. The summed E-state index contributed by atoms with van der Waals surface area (Å²) in [5.41, 5.74) is 9.47. The molecule has 10 rings (SSSR count). The Labute approximate surface area is 238 Å². The van der Waals surface area contributed by atoms with Crippen LogP contribution in [0.3, 0.4) is 0 Å². The highest BCUT2D eigenvalue weighted by Crippen LogP contribution is 2.34. The van der Waals surface area contributed by atoms with E-state index < -0.39 is 0 Å². The molecular weight excluding hydrogens is 504 g/mol. The molecule has 12 bridgehead atoms. The van der Waals surface area contributed by atoms with Crippen molar-refractivity contribution in [2.45, 2.75) is 58.5 Å². The van der Waals surface area contributed by atoms with Crippen LogP contribution in [0.4, 0.5) is 0 Å². The topological polar surface area (TPSA) is 63.9 Å². The Morgan fingerprint density at radius 2 is 0.854 bits per heavy atom. The highest BCUT2D eigenvalue weighted by atomic mass is 15.1. The third-order valence-electron chi connectivity index (χ3n) is 9.03. The van der Waals surface area contributed by atoms with Crippen LogP contribution in [0.15, 0.2) is 72.8 Å². The van der Waals surface area contributed by atoms with Gasteiger partial charge in [0.25, 0.3) is 0 Å². The van der Waals surface area contributed by atoms with Gasteiger partial charge in [0, 0.05) is 56.7 Å². The minimum atomic E-state index is 0.561. The van der Waals surface area contributed by atoms with Gasteiger partial charge in [0.2, 0.25) is 0 Å². The van der Waals surface area contributed by atoms with E-state index in [1.165, 1.54) is 43.6 Å². The second-order valence-corrected chi connectivity index (χ2v) is 11.7. The predicted molar refractivity (Wildman–Crippen MR) is 162 cm³/mol. The number of nitriles is 2. The van der Waals surface area contributed by atoms with Gasteiger partial charge in [-0.05, 0) is 77.9 Å². The Bertz CT molecular complexity index is 1940. The molecule has 0 radical (unpaired) electrons. The number of hydrogen-bond donors (Lipinski definition) is 0. The van der Waals surface area contributed by atoms with Crippen LogP contribution in [-0.4, -0.2) is 18.9 Å². The van der Waals surface area contributed by atoms with Gasteiger partial charge in [0.1, 0.15) is 0 Å². The van der Waals surface area contributed by atoms with Gasteiger partial charge in [-0.3, -0.25) is 0 Å². The standard InChI is InChI=1S/C35H30N6/c36-22-38-18-24-6-10-32-30(14-24)31-15-25-7-11-33(31)40(32)12-2-1-3-13-41-34-16-26(20-38)4-8-28(34)29-9-5-27(17-35(29)41)21-39(19-25)23-37/h4-11,14-17H,1-3,12-13,18-21H2. The van der Waals surface area contributed by atoms with Crippen molar-refractivity contribution in [3.8, 4) is 12.4 Å². The molecule has 6 nitrogen and oxygen atoms in total. The number of hydrogen-bond acceptors (Lipinski definition) is 4. The van der Waals surface area contributed by atoms with E-state index in [-0.39, 0.29) is 0 Å². The monoisotopic (exact) mass is 534 g/mol. The number of nitrogens with zero attached hydrogens (tertiary/aromatic N) is 6. The highest BCUT2D eigenvalue weighted by molar-refractivity contribution is 6.09. The van der Waals surface area contributed by atoms with E-state index in [0.29, 0.717) is 26.2 Å². The van der Waals surface area contributed by atoms with Crippen LogP contribution in [0, 0.1) is 22.9 Å². The van der Waals surface area contributed by atoms with Gasteiger partial charge in [-0.25, -0.2) is 0 Å². The fourth-order valence-corrected chi connectivity index (χ4v) is 7.11. The third-order valence-corrected chi connectivity index (χ3v) is 9.03. The number of aromatic nitrogens is 2. The van der Waals surface area contributed by atoms with Crippen molar-refractivity contribution in [2.24, 2.45) is 0 Å². The molecule has 41 heavy (non-hydrogen) atoms. The maximum Gasteiger partial charge on any atom is 0.179 e. The van der Waals surface area contributed by atoms with E-state index in [9.17, 15) is 10.5 Å². The zero-order valence-electron chi connectivity index (χ0n) is 23.0. The van der Waals surface area contributed by atoms with Crippen molar-refractivity contribution in [2.75, 3.05) is 0 Å². The molecule has 0 saturated carbocycles. The normalized spacial score (nSPS) is 15.8. The van der Waals surface area contributed by atoms with Crippen LogP contribution >= 0.6 is 0 Å². The highest BCUT2D eigenvalue weighted by Gasteiger charge is 2.18. The SMILES string of the molecule is N#CN1Cc2ccc3c(c2)c2cc4ccc2n3CCCCCn2c3cc(ccc3c3ccc(cc32)CN(C#N)C4)C1. The van der Waals surface area contributed by atoms with Crippen LogP contribution < -0.4 is 0 Å². The van der Waals surface area contributed by atoms with Crippen LogP contribution in [0.25, 0.3) is 43.6 Å². The lowest BCUT2D eigenvalue weighted by Crippen LogP contribution is -2.16. The quantitative estimate of drug-likeness (QED) is 0.191. The number of benzene rings is 4. The largest absolute Gasteiger partial charge is 0.340 e. The van der Waals surface area contributed by atoms with Gasteiger partial charge >= 0.3 is 0 Å². The molecule has 6 aromatic rings. The van der Waals surface area contributed by atoms with E-state index in [1.54, 1.807) is 0 Å². The zero-order chi connectivity index (χ0) is 27.5. The second kappa shape index (κ2) is 9.32. The molecule has 0 fully saturated rings. The first kappa shape index (κ1) is 23.9. The average Bonchev–Trinajstić information content (AvgIpc) is 3.46. The summed E-state index contributed by atoms with van der Waals surface area (Å²) in [5, 5.41) is 25.2. The molecule has 0 saturated heterocycles. The number of aryl methyl sites for hydroxylation is 2. The third kappa shape index (κ3) is 3.90. The van der Waals surface area contributed by atoms with Crippen molar-refractivity contribution in [1.82, 2.24) is 18.9 Å². The Balaban J connectivity index is 1.41. The molecular formula is C35H30N6. The molecule has 6 heteroatoms. The first-order chi connectivity index (χ1) is 20.2. The van der Waals surface area contributed by atoms with Crippen LogP contribution in [0.1, 0.15) is 41.5 Å². The van der Waals surface area contributed by atoms with E-state index in [4.69, 9.17) is 0 Å². The first-order valence-electron chi connectivity index (χ1n) is 14.6. The molecule has 4 aliphatic heterocycles. The Hall–Kier alpha value is -4.94. The van der Waals surface area contributed by atoms with Crippen LogP contribution in [0.5, 0.6) is 0 Å². The lowest BCUT2D eigenvalue weighted by atomic mass is 10.1. The molecule has 4 aliphatic rings. The summed E-state index contributed by atoms with van der Waals surface area (Å²) < 4.78 is 4.94. The first-order valence-corrected chi connectivity index (χ1v) is 14.6. The van der Waals surface area contributed by atoms with Crippen molar-refractivity contribution in [1.29, 1.82) is 10.5 Å². The maximum absolute atomic E-state index is 10.1. The fraction of sp³-hybridized carbons (Fsp3) is 0.257. The average molecular weight is 535 g/mol. The molecule has 4 aromatic carbocycles. The van der Waals surface area contributed by atoms with Gasteiger partial charge in [0.15, 0.2) is 12.4 Å². The smallest absolute Gasteiger partial charge is 0.179 e. The van der Waals surface area contributed by atoms with Gasteiger partial charge < -0.3 is 18.9 Å². The van der Waals surface area contributed by atoms with Crippen LogP contribution in [-0.2, 0) is 39.3 Å². The molecule has 6 heterocycles. The maximum atomic E-state index is 10.1. The van der Waals surface area contributed by atoms with Crippen LogP contribution in [0.2, 0.25) is 0 Å². The molecule has 0 aliphatic carbocycles. The van der Waals surface area contributed by atoms with Crippen molar-refractivity contribution < 1.29 is 0 Å². The van der Waals surface area contributed by atoms with Crippen molar-refractivity contribution in [3.05, 3.63) is 95.1 Å². The number of fused-ring (bicyclic) bond motifs is 7. The molecule has 200 valence electrons. The Morgan fingerprint density at radius 1 is 0.439 bits per heavy atom. The molecule has 0 spiro atoms. The minimum Gasteiger partial charge on any atom is -0.340 e. The summed E-state index contributed by atoms with van der Waals surface area (Å²) in [7, 11) is 0. The molecule has 0 amide bonds. The van der Waals surface area contributed by atoms with Crippen molar-refractivity contribution >= 4 is 43.6 Å².